The van der Waals surface area contributed by atoms with Crippen LogP contribution in [0, 0.1) is 6.92 Å². The van der Waals surface area contributed by atoms with E-state index in [1.165, 1.54) is 19.1 Å². The minimum atomic E-state index is -3.77. The third-order valence-electron chi connectivity index (χ3n) is 1.90. The summed E-state index contributed by atoms with van der Waals surface area (Å²) in [6.45, 7) is 3.07. The molecule has 0 heterocycles. The Labute approximate surface area is 94.5 Å². The molecule has 1 N–H and O–H groups in total. The van der Waals surface area contributed by atoms with E-state index in [2.05, 4.69) is 9.34 Å². The molecule has 0 fully saturated rings. The van der Waals surface area contributed by atoms with Gasteiger partial charge in [0.1, 0.15) is 6.61 Å². The topological polar surface area (TPSA) is 76.0 Å². The van der Waals surface area contributed by atoms with Gasteiger partial charge in [0.15, 0.2) is 0 Å². The Balaban J connectivity index is 2.82. The molecule has 0 saturated heterocycles. The van der Waals surface area contributed by atoms with Gasteiger partial charge in [-0.2, -0.15) is 8.42 Å². The van der Waals surface area contributed by atoms with E-state index < -0.39 is 10.1 Å². The maximum atomic E-state index is 11.6. The lowest BCUT2D eigenvalue weighted by Gasteiger charge is -2.04. The molecule has 5 nitrogen and oxygen atoms in total. The quantitative estimate of drug-likeness (QED) is 0.377. The zero-order valence-corrected chi connectivity index (χ0v) is 9.86. The van der Waals surface area contributed by atoms with Gasteiger partial charge in [-0.3, -0.25) is 4.18 Å². The fourth-order valence-corrected chi connectivity index (χ4v) is 1.90. The van der Waals surface area contributed by atoms with E-state index in [0.29, 0.717) is 0 Å². The molecule has 0 aliphatic heterocycles. The average molecular weight is 243 g/mol. The van der Waals surface area contributed by atoms with E-state index in [1.54, 1.807) is 12.1 Å². The van der Waals surface area contributed by atoms with E-state index >= 15 is 0 Å². The Hall–Kier alpha value is -1.40. The van der Waals surface area contributed by atoms with Crippen molar-refractivity contribution in [1.82, 2.24) is 0 Å². The third kappa shape index (κ3) is 3.32. The second kappa shape index (κ2) is 5.09. The van der Waals surface area contributed by atoms with E-state index in [-0.39, 0.29) is 17.2 Å². The van der Waals surface area contributed by atoms with Gasteiger partial charge in [0.05, 0.1) is 10.6 Å². The Morgan fingerprint density at radius 2 is 1.94 bits per heavy atom. The van der Waals surface area contributed by atoms with Gasteiger partial charge in [0.25, 0.3) is 10.1 Å². The molecule has 0 bridgehead atoms. The summed E-state index contributed by atoms with van der Waals surface area (Å²) in [5.74, 6) is 0. The molecule has 0 radical (unpaired) electrons. The molecule has 1 rings (SSSR count). The lowest BCUT2D eigenvalue weighted by molar-refractivity contribution is 0.307. The van der Waals surface area contributed by atoms with Crippen molar-refractivity contribution in [2.45, 2.75) is 18.7 Å². The Morgan fingerprint density at radius 3 is 2.44 bits per heavy atom. The van der Waals surface area contributed by atoms with Crippen LogP contribution in [-0.4, -0.2) is 25.9 Å². The predicted octanol–water partition coefficient (Wildman–Crippen LogP) is 1.55. The van der Waals surface area contributed by atoms with Gasteiger partial charge in [-0.15, -0.1) is 0 Å². The monoisotopic (exact) mass is 243 g/mol. The van der Waals surface area contributed by atoms with E-state index in [1.807, 2.05) is 6.92 Å². The van der Waals surface area contributed by atoms with Crippen LogP contribution in [0.2, 0.25) is 0 Å². The van der Waals surface area contributed by atoms with Gasteiger partial charge in [-0.1, -0.05) is 22.9 Å². The zero-order chi connectivity index (χ0) is 12.2. The molecule has 88 valence electrons. The fraction of sp³-hybridized carbons (Fsp3) is 0.300. The van der Waals surface area contributed by atoms with Gasteiger partial charge < -0.3 is 5.21 Å². The lowest BCUT2D eigenvalue weighted by atomic mass is 10.2. The highest BCUT2D eigenvalue weighted by atomic mass is 32.2. The van der Waals surface area contributed by atoms with Crippen molar-refractivity contribution in [3.63, 3.8) is 0 Å². The van der Waals surface area contributed by atoms with Crippen molar-refractivity contribution in [2.24, 2.45) is 5.16 Å². The molecular formula is C10H13NO4S. The predicted molar refractivity (Wildman–Crippen MR) is 59.2 cm³/mol. The van der Waals surface area contributed by atoms with Gasteiger partial charge in [0, 0.05) is 0 Å². The molecule has 1 aromatic rings. The van der Waals surface area contributed by atoms with Crippen molar-refractivity contribution in [3.05, 3.63) is 29.8 Å². The largest absolute Gasteiger partial charge is 0.411 e. The van der Waals surface area contributed by atoms with Crippen LogP contribution in [0.25, 0.3) is 0 Å². The standard InChI is InChI=1S/C10H13NO4S/c1-8-3-5-10(6-4-8)16(13,14)15-7-9(2)11-12/h3-6,12H,7H2,1-2H3/b11-9+. The summed E-state index contributed by atoms with van der Waals surface area (Å²) in [6, 6.07) is 6.30. The summed E-state index contributed by atoms with van der Waals surface area (Å²) in [4.78, 5) is 0.0869. The third-order valence-corrected chi connectivity index (χ3v) is 3.18. The number of hydrogen-bond acceptors (Lipinski definition) is 5. The molecule has 0 amide bonds. The Bertz CT molecular complexity index is 476. The SMILES string of the molecule is C/C(COS(=O)(=O)c1ccc(C)cc1)=N\O. The minimum absolute atomic E-state index is 0.0869. The summed E-state index contributed by atoms with van der Waals surface area (Å²) in [5.41, 5.74) is 1.16. The molecule has 0 aliphatic rings. The van der Waals surface area contributed by atoms with Gasteiger partial charge in [0.2, 0.25) is 0 Å². The molecule has 0 atom stereocenters. The molecule has 0 saturated carbocycles. The van der Waals surface area contributed by atoms with Crippen molar-refractivity contribution in [3.8, 4) is 0 Å². The van der Waals surface area contributed by atoms with Crippen LogP contribution in [-0.2, 0) is 14.3 Å². The normalized spacial score (nSPS) is 12.8. The smallest absolute Gasteiger partial charge is 0.297 e. The molecule has 0 unspecified atom stereocenters. The molecule has 0 aliphatic carbocycles. The van der Waals surface area contributed by atoms with E-state index in [4.69, 9.17) is 5.21 Å². The van der Waals surface area contributed by atoms with Crippen LogP contribution in [0.15, 0.2) is 34.3 Å². The zero-order valence-electron chi connectivity index (χ0n) is 9.04. The molecule has 16 heavy (non-hydrogen) atoms. The van der Waals surface area contributed by atoms with Crippen molar-refractivity contribution in [1.29, 1.82) is 0 Å². The second-order valence-electron chi connectivity index (χ2n) is 3.36. The number of hydrogen-bond donors (Lipinski definition) is 1. The van der Waals surface area contributed by atoms with Crippen LogP contribution in [0.3, 0.4) is 0 Å². The maximum absolute atomic E-state index is 11.6. The minimum Gasteiger partial charge on any atom is -0.411 e. The van der Waals surface area contributed by atoms with Gasteiger partial charge in [-0.25, -0.2) is 0 Å². The Morgan fingerprint density at radius 1 is 1.38 bits per heavy atom. The van der Waals surface area contributed by atoms with Crippen LogP contribution in [0.5, 0.6) is 0 Å². The van der Waals surface area contributed by atoms with E-state index in [9.17, 15) is 8.42 Å². The van der Waals surface area contributed by atoms with Crippen molar-refractivity contribution >= 4 is 15.8 Å². The molecular weight excluding hydrogens is 230 g/mol. The number of aryl methyl sites for hydroxylation is 1. The number of nitrogens with zero attached hydrogens (tertiary/aromatic N) is 1. The lowest BCUT2D eigenvalue weighted by Crippen LogP contribution is -2.12. The average Bonchev–Trinajstić information content (AvgIpc) is 2.26. The fourth-order valence-electron chi connectivity index (χ4n) is 0.965. The van der Waals surface area contributed by atoms with E-state index in [0.717, 1.165) is 5.56 Å². The highest BCUT2D eigenvalue weighted by Gasteiger charge is 2.14. The first kappa shape index (κ1) is 12.7. The molecule has 0 aromatic heterocycles. The maximum Gasteiger partial charge on any atom is 0.297 e. The number of rotatable bonds is 4. The van der Waals surface area contributed by atoms with Crippen molar-refractivity contribution in [2.75, 3.05) is 6.61 Å². The summed E-state index contributed by atoms with van der Waals surface area (Å²) in [6.07, 6.45) is 0. The highest BCUT2D eigenvalue weighted by Crippen LogP contribution is 2.12. The van der Waals surface area contributed by atoms with Crippen LogP contribution in [0.1, 0.15) is 12.5 Å². The Kier molecular flexibility index (Phi) is 4.03. The first-order chi connectivity index (χ1) is 7.45. The van der Waals surface area contributed by atoms with Crippen LogP contribution in [0.4, 0.5) is 0 Å². The summed E-state index contributed by atoms with van der Waals surface area (Å²) in [7, 11) is -3.77. The van der Waals surface area contributed by atoms with Crippen LogP contribution < -0.4 is 0 Å². The number of benzene rings is 1. The van der Waals surface area contributed by atoms with Gasteiger partial charge >= 0.3 is 0 Å². The number of oxime groups is 1. The first-order valence-corrected chi connectivity index (χ1v) is 6.00. The van der Waals surface area contributed by atoms with Crippen LogP contribution >= 0.6 is 0 Å². The summed E-state index contributed by atoms with van der Waals surface area (Å²) >= 11 is 0. The second-order valence-corrected chi connectivity index (χ2v) is 4.98. The molecule has 0 spiro atoms. The highest BCUT2D eigenvalue weighted by molar-refractivity contribution is 7.86. The van der Waals surface area contributed by atoms with Gasteiger partial charge in [-0.05, 0) is 26.0 Å². The van der Waals surface area contributed by atoms with Crippen molar-refractivity contribution < 1.29 is 17.8 Å². The summed E-state index contributed by atoms with van der Waals surface area (Å²) < 4.78 is 27.9. The first-order valence-electron chi connectivity index (χ1n) is 4.59. The summed E-state index contributed by atoms with van der Waals surface area (Å²) in [5, 5.41) is 11.2. The molecule has 1 aromatic carbocycles. The molecule has 6 heteroatoms.